The summed E-state index contributed by atoms with van der Waals surface area (Å²) in [5, 5.41) is 0. The summed E-state index contributed by atoms with van der Waals surface area (Å²) in [6.45, 7) is 0.709. The Morgan fingerprint density at radius 1 is 1.07 bits per heavy atom. The van der Waals surface area contributed by atoms with Crippen LogP contribution >= 0.6 is 11.9 Å². The summed E-state index contributed by atoms with van der Waals surface area (Å²) in [6, 6.07) is 19.6. The second-order valence-corrected chi connectivity index (χ2v) is 7.67. The number of methoxy groups -OCH3 is 1. The number of nitrogens with zero attached hydrogens (tertiary/aromatic N) is 1. The molecule has 3 aromatic carbocycles. The molecule has 0 spiro atoms. The number of nitrogens with one attached hydrogen (secondary N) is 1. The quantitative estimate of drug-likeness (QED) is 0.562. The van der Waals surface area contributed by atoms with Crippen LogP contribution in [-0.4, -0.2) is 19.6 Å². The van der Waals surface area contributed by atoms with E-state index in [1.54, 1.807) is 19.2 Å². The highest BCUT2D eigenvalue weighted by Crippen LogP contribution is 2.32. The van der Waals surface area contributed by atoms with Gasteiger partial charge in [-0.3, -0.25) is 4.79 Å². The number of ether oxygens (including phenoxy) is 1. The number of amides is 1. The first-order valence-corrected chi connectivity index (χ1v) is 10.2. The second-order valence-electron chi connectivity index (χ2n) is 6.79. The number of halogens is 1. The van der Waals surface area contributed by atoms with Gasteiger partial charge in [-0.15, -0.1) is 0 Å². The van der Waals surface area contributed by atoms with Crippen LogP contribution in [0.2, 0.25) is 0 Å². The zero-order valence-electron chi connectivity index (χ0n) is 16.0. The summed E-state index contributed by atoms with van der Waals surface area (Å²) in [4.78, 5) is 15.9. The molecule has 0 saturated heterocycles. The van der Waals surface area contributed by atoms with E-state index >= 15 is 0 Å². The van der Waals surface area contributed by atoms with E-state index in [0.717, 1.165) is 40.4 Å². The molecule has 0 fully saturated rings. The number of rotatable bonds is 5. The van der Waals surface area contributed by atoms with Crippen LogP contribution in [0.3, 0.4) is 0 Å². The Morgan fingerprint density at radius 2 is 1.83 bits per heavy atom. The SMILES string of the molecule is COc1ccc2c(c1)CCCN2C(=O)c1ccc(SNc2ccc(F)cc2)cc1. The van der Waals surface area contributed by atoms with Crippen LogP contribution < -0.4 is 14.4 Å². The standard InChI is InChI=1S/C23H21FN2O2S/c1-28-20-10-13-22-17(15-20)3-2-14-26(22)23(27)16-4-11-21(12-5-16)29-25-19-8-6-18(24)7-9-19/h4-13,15,25H,2-3,14H2,1H3. The molecule has 1 heterocycles. The monoisotopic (exact) mass is 408 g/mol. The van der Waals surface area contributed by atoms with E-state index in [4.69, 9.17) is 4.74 Å². The molecule has 1 aliphatic rings. The Kier molecular flexibility index (Phi) is 5.71. The van der Waals surface area contributed by atoms with Gasteiger partial charge in [0.2, 0.25) is 0 Å². The number of benzene rings is 3. The van der Waals surface area contributed by atoms with Crippen molar-refractivity contribution in [2.75, 3.05) is 23.3 Å². The van der Waals surface area contributed by atoms with Gasteiger partial charge in [0.1, 0.15) is 11.6 Å². The van der Waals surface area contributed by atoms with Crippen LogP contribution in [0.1, 0.15) is 22.3 Å². The molecule has 1 N–H and O–H groups in total. The van der Waals surface area contributed by atoms with Gasteiger partial charge in [-0.05, 0) is 97.1 Å². The molecule has 0 unspecified atom stereocenters. The lowest BCUT2D eigenvalue weighted by Gasteiger charge is -2.30. The van der Waals surface area contributed by atoms with Gasteiger partial charge in [0.05, 0.1) is 7.11 Å². The molecule has 6 heteroatoms. The molecular formula is C23H21FN2O2S. The van der Waals surface area contributed by atoms with Gasteiger partial charge in [0.25, 0.3) is 5.91 Å². The lowest BCUT2D eigenvalue weighted by Crippen LogP contribution is -2.35. The maximum absolute atomic E-state index is 13.1. The number of hydrogen-bond donors (Lipinski definition) is 1. The van der Waals surface area contributed by atoms with Crippen molar-refractivity contribution < 1.29 is 13.9 Å². The van der Waals surface area contributed by atoms with Crippen LogP contribution in [-0.2, 0) is 6.42 Å². The maximum Gasteiger partial charge on any atom is 0.258 e. The lowest BCUT2D eigenvalue weighted by atomic mass is 10.0. The van der Waals surface area contributed by atoms with Crippen molar-refractivity contribution in [1.82, 2.24) is 0 Å². The first-order valence-electron chi connectivity index (χ1n) is 9.41. The fourth-order valence-electron chi connectivity index (χ4n) is 3.37. The topological polar surface area (TPSA) is 41.6 Å². The minimum atomic E-state index is -0.263. The maximum atomic E-state index is 13.1. The van der Waals surface area contributed by atoms with Crippen molar-refractivity contribution in [3.05, 3.63) is 83.7 Å². The summed E-state index contributed by atoms with van der Waals surface area (Å²) in [5.41, 5.74) is 3.56. The highest BCUT2D eigenvalue weighted by Gasteiger charge is 2.24. The van der Waals surface area contributed by atoms with Crippen LogP contribution in [0.15, 0.2) is 71.6 Å². The normalized spacial score (nSPS) is 13.0. The second kappa shape index (κ2) is 8.57. The number of fused-ring (bicyclic) bond motifs is 1. The average molecular weight is 408 g/mol. The van der Waals surface area contributed by atoms with Crippen LogP contribution in [0, 0.1) is 5.82 Å². The summed E-state index contributed by atoms with van der Waals surface area (Å²) in [7, 11) is 1.65. The lowest BCUT2D eigenvalue weighted by molar-refractivity contribution is 0.0985. The predicted octanol–water partition coefficient (Wildman–Crippen LogP) is 5.55. The molecule has 4 rings (SSSR count). The fraction of sp³-hybridized carbons (Fsp3) is 0.174. The Bertz CT molecular complexity index is 1010. The van der Waals surface area contributed by atoms with E-state index in [1.165, 1.54) is 24.1 Å². The van der Waals surface area contributed by atoms with E-state index in [9.17, 15) is 9.18 Å². The minimum absolute atomic E-state index is 0.000777. The Labute approximate surface area is 173 Å². The molecule has 0 bridgehead atoms. The predicted molar refractivity (Wildman–Crippen MR) is 115 cm³/mol. The van der Waals surface area contributed by atoms with E-state index in [0.29, 0.717) is 12.1 Å². The minimum Gasteiger partial charge on any atom is -0.497 e. The number of aryl methyl sites for hydroxylation is 1. The van der Waals surface area contributed by atoms with Crippen LogP contribution in [0.5, 0.6) is 5.75 Å². The molecule has 0 atom stereocenters. The largest absolute Gasteiger partial charge is 0.497 e. The average Bonchev–Trinajstić information content (AvgIpc) is 2.77. The van der Waals surface area contributed by atoms with E-state index < -0.39 is 0 Å². The zero-order chi connectivity index (χ0) is 20.2. The van der Waals surface area contributed by atoms with Gasteiger partial charge in [-0.1, -0.05) is 0 Å². The molecule has 0 aliphatic carbocycles. The molecule has 0 aromatic heterocycles. The van der Waals surface area contributed by atoms with Gasteiger partial charge < -0.3 is 14.4 Å². The summed E-state index contributed by atoms with van der Waals surface area (Å²) >= 11 is 1.42. The Balaban J connectivity index is 1.45. The van der Waals surface area contributed by atoms with E-state index in [2.05, 4.69) is 4.72 Å². The third-order valence-electron chi connectivity index (χ3n) is 4.88. The first kappa shape index (κ1) is 19.3. The first-order chi connectivity index (χ1) is 14.1. The molecule has 0 saturated carbocycles. The highest BCUT2D eigenvalue weighted by molar-refractivity contribution is 8.00. The molecule has 29 heavy (non-hydrogen) atoms. The number of anilines is 2. The van der Waals surface area contributed by atoms with Gasteiger partial charge in [-0.25, -0.2) is 4.39 Å². The molecule has 0 radical (unpaired) electrons. The van der Waals surface area contributed by atoms with Crippen molar-refractivity contribution in [2.24, 2.45) is 0 Å². The van der Waals surface area contributed by atoms with Crippen molar-refractivity contribution in [3.63, 3.8) is 0 Å². The molecule has 1 aliphatic heterocycles. The number of carbonyl (C=O) groups is 1. The van der Waals surface area contributed by atoms with Gasteiger partial charge in [0.15, 0.2) is 0 Å². The summed E-state index contributed by atoms with van der Waals surface area (Å²) in [6.07, 6.45) is 1.88. The third kappa shape index (κ3) is 4.38. The van der Waals surface area contributed by atoms with Crippen LogP contribution in [0.25, 0.3) is 0 Å². The Morgan fingerprint density at radius 3 is 2.55 bits per heavy atom. The van der Waals surface area contributed by atoms with Gasteiger partial charge in [-0.2, -0.15) is 0 Å². The van der Waals surface area contributed by atoms with E-state index in [1.807, 2.05) is 47.4 Å². The molecule has 148 valence electrons. The van der Waals surface area contributed by atoms with Gasteiger partial charge in [0, 0.05) is 28.4 Å². The number of hydrogen-bond acceptors (Lipinski definition) is 4. The smallest absolute Gasteiger partial charge is 0.258 e. The zero-order valence-corrected chi connectivity index (χ0v) is 16.8. The van der Waals surface area contributed by atoms with Crippen molar-refractivity contribution in [3.8, 4) is 5.75 Å². The molecule has 4 nitrogen and oxygen atoms in total. The summed E-state index contributed by atoms with van der Waals surface area (Å²) < 4.78 is 21.4. The van der Waals surface area contributed by atoms with E-state index in [-0.39, 0.29) is 11.7 Å². The van der Waals surface area contributed by atoms with Crippen molar-refractivity contribution >= 4 is 29.2 Å². The molecule has 3 aromatic rings. The van der Waals surface area contributed by atoms with Gasteiger partial charge >= 0.3 is 0 Å². The molecular weight excluding hydrogens is 387 g/mol. The summed E-state index contributed by atoms with van der Waals surface area (Å²) in [5.74, 6) is 0.549. The highest BCUT2D eigenvalue weighted by atomic mass is 32.2. The fourth-order valence-corrected chi connectivity index (χ4v) is 4.01. The van der Waals surface area contributed by atoms with Crippen molar-refractivity contribution in [1.29, 1.82) is 0 Å². The third-order valence-corrected chi connectivity index (χ3v) is 5.73. The Hall–Kier alpha value is -2.99. The van der Waals surface area contributed by atoms with Crippen LogP contribution in [0.4, 0.5) is 15.8 Å². The molecule has 1 amide bonds. The number of carbonyl (C=O) groups excluding carboxylic acids is 1. The van der Waals surface area contributed by atoms with Crippen molar-refractivity contribution in [2.45, 2.75) is 17.7 Å².